The van der Waals surface area contributed by atoms with Crippen LogP contribution in [0.4, 0.5) is 11.4 Å². The maximum absolute atomic E-state index is 8.92. The van der Waals surface area contributed by atoms with Crippen molar-refractivity contribution in [3.63, 3.8) is 0 Å². The van der Waals surface area contributed by atoms with Crippen LogP contribution in [0.2, 0.25) is 0 Å². The van der Waals surface area contributed by atoms with E-state index < -0.39 is 0 Å². The number of nitriles is 1. The molecular formula is C13H15N3. The molecule has 0 aromatic heterocycles. The van der Waals surface area contributed by atoms with Crippen LogP contribution in [-0.4, -0.2) is 12.6 Å². The predicted molar refractivity (Wildman–Crippen MR) is 64.0 cm³/mol. The highest BCUT2D eigenvalue weighted by molar-refractivity contribution is 5.70. The van der Waals surface area contributed by atoms with Crippen molar-refractivity contribution in [3.8, 4) is 6.07 Å². The number of nitrogen functional groups attached to an aromatic ring is 1. The monoisotopic (exact) mass is 213 g/mol. The van der Waals surface area contributed by atoms with Gasteiger partial charge in [-0.1, -0.05) is 0 Å². The van der Waals surface area contributed by atoms with Crippen molar-refractivity contribution in [2.24, 2.45) is 5.92 Å². The molecule has 0 spiro atoms. The van der Waals surface area contributed by atoms with E-state index >= 15 is 0 Å². The van der Waals surface area contributed by atoms with Crippen molar-refractivity contribution in [2.45, 2.75) is 25.3 Å². The van der Waals surface area contributed by atoms with E-state index in [2.05, 4.69) is 11.0 Å². The first-order valence-electron chi connectivity index (χ1n) is 5.84. The molecule has 16 heavy (non-hydrogen) atoms. The molecule has 2 aliphatic rings. The van der Waals surface area contributed by atoms with E-state index in [4.69, 9.17) is 11.0 Å². The molecule has 2 N–H and O–H groups in total. The van der Waals surface area contributed by atoms with Crippen molar-refractivity contribution < 1.29 is 0 Å². The molecule has 1 heterocycles. The van der Waals surface area contributed by atoms with Crippen LogP contribution in [0, 0.1) is 17.2 Å². The lowest BCUT2D eigenvalue weighted by molar-refractivity contribution is 0.554. The lowest BCUT2D eigenvalue weighted by atomic mass is 10.1. The molecule has 3 rings (SSSR count). The van der Waals surface area contributed by atoms with Crippen LogP contribution in [0.1, 0.15) is 24.8 Å². The van der Waals surface area contributed by atoms with Gasteiger partial charge in [-0.3, -0.25) is 0 Å². The third kappa shape index (κ3) is 1.34. The first-order valence-corrected chi connectivity index (χ1v) is 5.84. The molecule has 1 saturated heterocycles. The molecule has 2 bridgehead atoms. The van der Waals surface area contributed by atoms with Crippen molar-refractivity contribution in [1.82, 2.24) is 0 Å². The Morgan fingerprint density at radius 1 is 1.38 bits per heavy atom. The summed E-state index contributed by atoms with van der Waals surface area (Å²) in [4.78, 5) is 2.39. The van der Waals surface area contributed by atoms with E-state index in [1.165, 1.54) is 19.3 Å². The van der Waals surface area contributed by atoms with Gasteiger partial charge < -0.3 is 10.6 Å². The largest absolute Gasteiger partial charge is 0.397 e. The molecule has 1 aliphatic carbocycles. The summed E-state index contributed by atoms with van der Waals surface area (Å²) < 4.78 is 0. The van der Waals surface area contributed by atoms with Crippen molar-refractivity contribution >= 4 is 11.4 Å². The zero-order chi connectivity index (χ0) is 11.1. The van der Waals surface area contributed by atoms with Gasteiger partial charge in [0.25, 0.3) is 0 Å². The second-order valence-electron chi connectivity index (χ2n) is 4.87. The average Bonchev–Trinajstić information content (AvgIpc) is 2.91. The quantitative estimate of drug-likeness (QED) is 0.727. The third-order valence-electron chi connectivity index (χ3n) is 3.88. The number of anilines is 2. The SMILES string of the molecule is N#Cc1ccc(N)c(N2CC3CCC2C3)c1. The second kappa shape index (κ2) is 3.41. The minimum Gasteiger partial charge on any atom is -0.397 e. The summed E-state index contributed by atoms with van der Waals surface area (Å²) in [7, 11) is 0. The Balaban J connectivity index is 1.97. The predicted octanol–water partition coefficient (Wildman–Crippen LogP) is 2.13. The van der Waals surface area contributed by atoms with Gasteiger partial charge in [-0.25, -0.2) is 0 Å². The Morgan fingerprint density at radius 3 is 2.88 bits per heavy atom. The van der Waals surface area contributed by atoms with E-state index in [1.54, 1.807) is 6.07 Å². The molecule has 3 nitrogen and oxygen atoms in total. The smallest absolute Gasteiger partial charge is 0.0992 e. The standard InChI is InChI=1S/C13H15N3/c14-7-9-2-4-12(15)13(6-9)16-8-10-1-3-11(16)5-10/h2,4,6,10-11H,1,3,5,8,15H2. The molecule has 0 amide bonds. The summed E-state index contributed by atoms with van der Waals surface area (Å²) in [5.41, 5.74) is 8.56. The first-order chi connectivity index (χ1) is 7.78. The Kier molecular flexibility index (Phi) is 2.03. The molecule has 2 unspecified atom stereocenters. The van der Waals surface area contributed by atoms with Crippen LogP contribution in [-0.2, 0) is 0 Å². The second-order valence-corrected chi connectivity index (χ2v) is 4.87. The molecule has 1 aromatic rings. The topological polar surface area (TPSA) is 53.1 Å². The highest BCUT2D eigenvalue weighted by Crippen LogP contribution is 2.42. The lowest BCUT2D eigenvalue weighted by Crippen LogP contribution is -2.32. The molecule has 1 aliphatic heterocycles. The van der Waals surface area contributed by atoms with Crippen molar-refractivity contribution in [1.29, 1.82) is 5.26 Å². The fraction of sp³-hybridized carbons (Fsp3) is 0.462. The number of piperidine rings is 1. The molecule has 82 valence electrons. The number of nitrogens with two attached hydrogens (primary N) is 1. The molecule has 2 atom stereocenters. The van der Waals surface area contributed by atoms with Crippen LogP contribution in [0.5, 0.6) is 0 Å². The van der Waals surface area contributed by atoms with Gasteiger partial charge >= 0.3 is 0 Å². The highest BCUT2D eigenvalue weighted by Gasteiger charge is 2.38. The normalized spacial score (nSPS) is 27.1. The maximum Gasteiger partial charge on any atom is 0.0992 e. The highest BCUT2D eigenvalue weighted by atomic mass is 15.2. The third-order valence-corrected chi connectivity index (χ3v) is 3.88. The zero-order valence-corrected chi connectivity index (χ0v) is 9.19. The Labute approximate surface area is 95.5 Å². The van der Waals surface area contributed by atoms with E-state index in [9.17, 15) is 0 Å². The van der Waals surface area contributed by atoms with E-state index in [0.29, 0.717) is 11.6 Å². The minimum atomic E-state index is 0.654. The fourth-order valence-electron chi connectivity index (χ4n) is 3.08. The van der Waals surface area contributed by atoms with E-state index in [-0.39, 0.29) is 0 Å². The number of hydrogen-bond donors (Lipinski definition) is 1. The summed E-state index contributed by atoms with van der Waals surface area (Å²) >= 11 is 0. The molecule has 2 fully saturated rings. The molecule has 0 radical (unpaired) electrons. The minimum absolute atomic E-state index is 0.654. The lowest BCUT2D eigenvalue weighted by Gasteiger charge is -2.30. The van der Waals surface area contributed by atoms with E-state index in [0.717, 1.165) is 23.8 Å². The Bertz CT molecular complexity index is 461. The summed E-state index contributed by atoms with van der Waals surface area (Å²) in [5.74, 6) is 0.843. The van der Waals surface area contributed by atoms with Crippen molar-refractivity contribution in [3.05, 3.63) is 23.8 Å². The van der Waals surface area contributed by atoms with Gasteiger partial charge in [0.05, 0.1) is 23.0 Å². The van der Waals surface area contributed by atoms with Crippen LogP contribution < -0.4 is 10.6 Å². The average molecular weight is 213 g/mol. The molecular weight excluding hydrogens is 198 g/mol. The fourth-order valence-corrected chi connectivity index (χ4v) is 3.08. The first kappa shape index (κ1) is 9.53. The van der Waals surface area contributed by atoms with Gasteiger partial charge in [0.2, 0.25) is 0 Å². The summed E-state index contributed by atoms with van der Waals surface area (Å²) in [6.07, 6.45) is 3.94. The number of benzene rings is 1. The molecule has 1 aromatic carbocycles. The Morgan fingerprint density at radius 2 is 2.25 bits per heavy atom. The number of nitrogens with zero attached hydrogens (tertiary/aromatic N) is 2. The van der Waals surface area contributed by atoms with Gasteiger partial charge in [-0.15, -0.1) is 0 Å². The van der Waals surface area contributed by atoms with Crippen LogP contribution in [0.3, 0.4) is 0 Å². The molecule has 3 heteroatoms. The summed E-state index contributed by atoms with van der Waals surface area (Å²) in [5, 5.41) is 8.92. The number of fused-ring (bicyclic) bond motifs is 2. The van der Waals surface area contributed by atoms with Gasteiger partial charge in [-0.05, 0) is 43.4 Å². The Hall–Kier alpha value is -1.69. The van der Waals surface area contributed by atoms with Gasteiger partial charge in [0.1, 0.15) is 0 Å². The van der Waals surface area contributed by atoms with Gasteiger partial charge in [-0.2, -0.15) is 5.26 Å². The maximum atomic E-state index is 8.92. The van der Waals surface area contributed by atoms with Crippen LogP contribution >= 0.6 is 0 Å². The van der Waals surface area contributed by atoms with Crippen LogP contribution in [0.25, 0.3) is 0 Å². The van der Waals surface area contributed by atoms with Crippen LogP contribution in [0.15, 0.2) is 18.2 Å². The summed E-state index contributed by atoms with van der Waals surface area (Å²) in [6.45, 7) is 1.11. The summed E-state index contributed by atoms with van der Waals surface area (Å²) in [6, 6.07) is 8.39. The number of hydrogen-bond acceptors (Lipinski definition) is 3. The van der Waals surface area contributed by atoms with Crippen molar-refractivity contribution in [2.75, 3.05) is 17.2 Å². The zero-order valence-electron chi connectivity index (χ0n) is 9.19. The van der Waals surface area contributed by atoms with Gasteiger partial charge in [0.15, 0.2) is 0 Å². The van der Waals surface area contributed by atoms with E-state index in [1.807, 2.05) is 12.1 Å². The number of rotatable bonds is 1. The van der Waals surface area contributed by atoms with Gasteiger partial charge in [0, 0.05) is 12.6 Å². The molecule has 1 saturated carbocycles.